The van der Waals surface area contributed by atoms with Crippen molar-refractivity contribution in [2.45, 2.75) is 39.7 Å². The lowest BCUT2D eigenvalue weighted by Gasteiger charge is -2.14. The van der Waals surface area contributed by atoms with Crippen LogP contribution in [0.15, 0.2) is 0 Å². The quantitative estimate of drug-likeness (QED) is 0.858. The van der Waals surface area contributed by atoms with E-state index in [0.717, 1.165) is 35.9 Å². The van der Waals surface area contributed by atoms with E-state index in [1.807, 2.05) is 18.5 Å². The molecule has 2 N–H and O–H groups in total. The lowest BCUT2D eigenvalue weighted by molar-refractivity contribution is 0.371. The number of hydrogen-bond acceptors (Lipinski definition) is 2. The van der Waals surface area contributed by atoms with E-state index in [4.69, 9.17) is 17.3 Å². The Labute approximate surface area is 95.6 Å². The van der Waals surface area contributed by atoms with Gasteiger partial charge in [-0.25, -0.2) is 0 Å². The van der Waals surface area contributed by atoms with Gasteiger partial charge >= 0.3 is 0 Å². The van der Waals surface area contributed by atoms with Crippen LogP contribution in [0.5, 0.6) is 0 Å². The minimum Gasteiger partial charge on any atom is -0.330 e. The van der Waals surface area contributed by atoms with Gasteiger partial charge in [-0.1, -0.05) is 11.6 Å². The Balaban J connectivity index is 2.14. The van der Waals surface area contributed by atoms with Crippen molar-refractivity contribution in [3.63, 3.8) is 0 Å². The summed E-state index contributed by atoms with van der Waals surface area (Å²) in [6.07, 6.45) is 3.66. The summed E-state index contributed by atoms with van der Waals surface area (Å²) in [6.45, 7) is 5.73. The molecule has 0 spiro atoms. The normalized spacial score (nSPS) is 18.1. The van der Waals surface area contributed by atoms with Crippen LogP contribution in [0.3, 0.4) is 0 Å². The minimum atomic E-state index is 0.418. The molecule has 1 aliphatic rings. The average Bonchev–Trinajstić information content (AvgIpc) is 2.90. The Morgan fingerprint density at radius 3 is 2.53 bits per heavy atom. The number of halogens is 1. The van der Waals surface area contributed by atoms with Crippen LogP contribution in [0.2, 0.25) is 5.02 Å². The molecule has 1 saturated carbocycles. The summed E-state index contributed by atoms with van der Waals surface area (Å²) in [5.74, 6) is 0. The molecular formula is C11H18ClN3. The first-order chi connectivity index (χ1) is 7.08. The predicted octanol–water partition coefficient (Wildman–Crippen LogP) is 2.28. The Kier molecular flexibility index (Phi) is 2.77. The summed E-state index contributed by atoms with van der Waals surface area (Å²) in [5.41, 5.74) is 8.05. The zero-order valence-corrected chi connectivity index (χ0v) is 10.1. The number of nitrogens with zero attached hydrogens (tertiary/aromatic N) is 2. The number of hydrogen-bond donors (Lipinski definition) is 1. The molecule has 0 radical (unpaired) electrons. The topological polar surface area (TPSA) is 43.8 Å². The van der Waals surface area contributed by atoms with Crippen molar-refractivity contribution in [1.82, 2.24) is 9.78 Å². The van der Waals surface area contributed by atoms with Crippen molar-refractivity contribution >= 4 is 11.6 Å². The molecule has 4 heteroatoms. The van der Waals surface area contributed by atoms with E-state index in [-0.39, 0.29) is 0 Å². The number of aromatic nitrogens is 2. The average molecular weight is 228 g/mol. The molecule has 0 bridgehead atoms. The van der Waals surface area contributed by atoms with E-state index in [2.05, 4.69) is 5.10 Å². The Morgan fingerprint density at radius 2 is 2.13 bits per heavy atom. The molecule has 2 rings (SSSR count). The highest BCUT2D eigenvalue weighted by atomic mass is 35.5. The second kappa shape index (κ2) is 3.80. The van der Waals surface area contributed by atoms with E-state index < -0.39 is 0 Å². The fraction of sp³-hybridized carbons (Fsp3) is 0.727. The first-order valence-corrected chi connectivity index (χ1v) is 5.85. The van der Waals surface area contributed by atoms with Gasteiger partial charge in [0.15, 0.2) is 0 Å². The third-order valence-corrected chi connectivity index (χ3v) is 3.96. The molecule has 1 aromatic heterocycles. The van der Waals surface area contributed by atoms with E-state index in [0.29, 0.717) is 5.41 Å². The summed E-state index contributed by atoms with van der Waals surface area (Å²) in [4.78, 5) is 0. The molecule has 0 aromatic carbocycles. The van der Waals surface area contributed by atoms with E-state index >= 15 is 0 Å². The van der Waals surface area contributed by atoms with Gasteiger partial charge in [0.25, 0.3) is 0 Å². The van der Waals surface area contributed by atoms with E-state index in [1.54, 1.807) is 0 Å². The Bertz CT molecular complexity index is 366. The summed E-state index contributed by atoms with van der Waals surface area (Å²) < 4.78 is 2.04. The Hall–Kier alpha value is -0.540. The van der Waals surface area contributed by atoms with Gasteiger partial charge in [0.2, 0.25) is 0 Å². The van der Waals surface area contributed by atoms with Crippen LogP contribution in [0.4, 0.5) is 0 Å². The van der Waals surface area contributed by atoms with Crippen LogP contribution < -0.4 is 5.73 Å². The third-order valence-electron chi connectivity index (χ3n) is 3.41. The number of nitrogens with two attached hydrogens (primary N) is 1. The molecule has 1 fully saturated rings. The molecule has 0 amide bonds. The maximum atomic E-state index is 6.12. The largest absolute Gasteiger partial charge is 0.330 e. The van der Waals surface area contributed by atoms with Crippen LogP contribution in [0.1, 0.15) is 30.7 Å². The molecule has 3 nitrogen and oxygen atoms in total. The minimum absolute atomic E-state index is 0.418. The molecule has 84 valence electrons. The van der Waals surface area contributed by atoms with Crippen LogP contribution in [0.25, 0.3) is 0 Å². The van der Waals surface area contributed by atoms with Crippen molar-refractivity contribution in [2.24, 2.45) is 11.1 Å². The highest BCUT2D eigenvalue weighted by Crippen LogP contribution is 2.50. The van der Waals surface area contributed by atoms with Gasteiger partial charge < -0.3 is 5.73 Å². The summed E-state index contributed by atoms with van der Waals surface area (Å²) >= 11 is 6.12. The monoisotopic (exact) mass is 227 g/mol. The SMILES string of the molecule is Cc1nn(CC2(CCN)CC2)c(C)c1Cl. The van der Waals surface area contributed by atoms with Crippen LogP contribution >= 0.6 is 11.6 Å². The maximum absolute atomic E-state index is 6.12. The standard InChI is InChI=1S/C11H18ClN3/c1-8-10(12)9(2)15(14-8)7-11(3-4-11)5-6-13/h3-7,13H2,1-2H3. The van der Waals surface area contributed by atoms with Gasteiger partial charge in [0.1, 0.15) is 0 Å². The molecule has 1 aliphatic carbocycles. The van der Waals surface area contributed by atoms with E-state index in [1.165, 1.54) is 12.8 Å². The molecule has 1 aromatic rings. The van der Waals surface area contributed by atoms with Crippen LogP contribution in [-0.4, -0.2) is 16.3 Å². The van der Waals surface area contributed by atoms with Gasteiger partial charge in [0.05, 0.1) is 16.4 Å². The van der Waals surface area contributed by atoms with Gasteiger partial charge in [-0.2, -0.15) is 5.10 Å². The van der Waals surface area contributed by atoms with Crippen molar-refractivity contribution < 1.29 is 0 Å². The van der Waals surface area contributed by atoms with Crippen LogP contribution in [0, 0.1) is 19.3 Å². The molecule has 15 heavy (non-hydrogen) atoms. The molecule has 0 atom stereocenters. The predicted molar refractivity (Wildman–Crippen MR) is 62.0 cm³/mol. The third kappa shape index (κ3) is 2.04. The van der Waals surface area contributed by atoms with Crippen molar-refractivity contribution in [1.29, 1.82) is 0 Å². The fourth-order valence-corrected chi connectivity index (χ4v) is 2.25. The van der Waals surface area contributed by atoms with Gasteiger partial charge in [0, 0.05) is 6.54 Å². The van der Waals surface area contributed by atoms with Crippen molar-refractivity contribution in [2.75, 3.05) is 6.54 Å². The van der Waals surface area contributed by atoms with Crippen molar-refractivity contribution in [3.05, 3.63) is 16.4 Å². The van der Waals surface area contributed by atoms with Crippen LogP contribution in [-0.2, 0) is 6.54 Å². The molecule has 0 unspecified atom stereocenters. The van der Waals surface area contributed by atoms with E-state index in [9.17, 15) is 0 Å². The first-order valence-electron chi connectivity index (χ1n) is 5.47. The molecule has 0 aliphatic heterocycles. The number of aryl methyl sites for hydroxylation is 1. The summed E-state index contributed by atoms with van der Waals surface area (Å²) in [5, 5.41) is 5.27. The highest BCUT2D eigenvalue weighted by Gasteiger charge is 2.42. The lowest BCUT2D eigenvalue weighted by atomic mass is 10.0. The maximum Gasteiger partial charge on any atom is 0.0844 e. The summed E-state index contributed by atoms with van der Waals surface area (Å²) in [7, 11) is 0. The van der Waals surface area contributed by atoms with Crippen molar-refractivity contribution in [3.8, 4) is 0 Å². The Morgan fingerprint density at radius 1 is 1.47 bits per heavy atom. The highest BCUT2D eigenvalue weighted by molar-refractivity contribution is 6.31. The van der Waals surface area contributed by atoms with Gasteiger partial charge in [-0.15, -0.1) is 0 Å². The van der Waals surface area contributed by atoms with Gasteiger partial charge in [-0.05, 0) is 45.1 Å². The zero-order valence-electron chi connectivity index (χ0n) is 9.39. The molecule has 0 saturated heterocycles. The summed E-state index contributed by atoms with van der Waals surface area (Å²) in [6, 6.07) is 0. The molecular weight excluding hydrogens is 210 g/mol. The molecule has 1 heterocycles. The second-order valence-corrected chi connectivity index (χ2v) is 5.06. The smallest absolute Gasteiger partial charge is 0.0844 e. The number of rotatable bonds is 4. The second-order valence-electron chi connectivity index (χ2n) is 4.68. The zero-order chi connectivity index (χ0) is 11.1. The first kappa shape index (κ1) is 11.0. The lowest BCUT2D eigenvalue weighted by Crippen LogP contribution is -2.17. The fourth-order valence-electron chi connectivity index (χ4n) is 2.12. The van der Waals surface area contributed by atoms with Gasteiger partial charge in [-0.3, -0.25) is 4.68 Å².